The van der Waals surface area contributed by atoms with E-state index in [2.05, 4.69) is 9.97 Å². The maximum atomic E-state index is 5.66. The molecule has 3 aromatic rings. The highest BCUT2D eigenvalue weighted by Gasteiger charge is 2.02. The van der Waals surface area contributed by atoms with Crippen LogP contribution in [0.4, 0.5) is 0 Å². The molecule has 0 saturated heterocycles. The third-order valence-corrected chi connectivity index (χ3v) is 3.87. The summed E-state index contributed by atoms with van der Waals surface area (Å²) in [5.74, 6) is 1.92. The highest BCUT2D eigenvalue weighted by molar-refractivity contribution is 7.99. The third-order valence-electron chi connectivity index (χ3n) is 2.91. The Labute approximate surface area is 122 Å². The van der Waals surface area contributed by atoms with Gasteiger partial charge in [0.2, 0.25) is 0 Å². The van der Waals surface area contributed by atoms with E-state index in [1.54, 1.807) is 11.8 Å². The number of ether oxygens (including phenoxy) is 1. The van der Waals surface area contributed by atoms with E-state index in [9.17, 15) is 0 Å². The van der Waals surface area contributed by atoms with E-state index in [-0.39, 0.29) is 0 Å². The van der Waals surface area contributed by atoms with Gasteiger partial charge in [0.05, 0.1) is 17.6 Å². The van der Waals surface area contributed by atoms with Crippen molar-refractivity contribution < 1.29 is 4.74 Å². The van der Waals surface area contributed by atoms with Gasteiger partial charge in [-0.1, -0.05) is 42.1 Å². The molecule has 0 aliphatic carbocycles. The summed E-state index contributed by atoms with van der Waals surface area (Å²) >= 11 is 1.73. The molecule has 3 rings (SSSR count). The zero-order valence-corrected chi connectivity index (χ0v) is 11.9. The quantitative estimate of drug-likeness (QED) is 0.546. The number of H-pyrrole nitrogens is 1. The summed E-state index contributed by atoms with van der Waals surface area (Å²) in [4.78, 5) is 7.85. The number of nitrogens with one attached hydrogen (secondary N) is 1. The predicted molar refractivity (Wildman–Crippen MR) is 83.4 cm³/mol. The summed E-state index contributed by atoms with van der Waals surface area (Å²) < 4.78 is 5.66. The van der Waals surface area contributed by atoms with Crippen LogP contribution in [0.5, 0.6) is 5.75 Å². The standard InChI is InChI=1S/C16H16N2OS/c1-2-7-13(8-3-1)19-11-6-12-20-16-17-14-9-4-5-10-15(14)18-16/h1-5,7-10H,6,11-12H2,(H,17,18). The van der Waals surface area contributed by atoms with E-state index in [0.717, 1.165) is 40.7 Å². The average molecular weight is 284 g/mol. The second kappa shape index (κ2) is 6.48. The Bertz CT molecular complexity index is 633. The first-order valence-corrected chi connectivity index (χ1v) is 7.66. The largest absolute Gasteiger partial charge is 0.494 e. The Morgan fingerprint density at radius 1 is 1.00 bits per heavy atom. The summed E-state index contributed by atoms with van der Waals surface area (Å²) in [6.45, 7) is 0.733. The summed E-state index contributed by atoms with van der Waals surface area (Å²) in [5.41, 5.74) is 2.12. The monoisotopic (exact) mass is 284 g/mol. The fraction of sp³-hybridized carbons (Fsp3) is 0.188. The second-order valence-corrected chi connectivity index (χ2v) is 5.51. The van der Waals surface area contributed by atoms with Gasteiger partial charge >= 0.3 is 0 Å². The minimum absolute atomic E-state index is 0.733. The van der Waals surface area contributed by atoms with Crippen LogP contribution in [-0.2, 0) is 0 Å². The average Bonchev–Trinajstić information content (AvgIpc) is 2.90. The van der Waals surface area contributed by atoms with Gasteiger partial charge in [0.25, 0.3) is 0 Å². The number of aromatic nitrogens is 2. The number of benzene rings is 2. The Morgan fingerprint density at radius 3 is 2.65 bits per heavy atom. The highest BCUT2D eigenvalue weighted by Crippen LogP contribution is 2.19. The van der Waals surface area contributed by atoms with E-state index < -0.39 is 0 Å². The smallest absolute Gasteiger partial charge is 0.166 e. The Morgan fingerprint density at radius 2 is 1.80 bits per heavy atom. The number of hydrogen-bond acceptors (Lipinski definition) is 3. The van der Waals surface area contributed by atoms with Crippen molar-refractivity contribution in [1.82, 2.24) is 9.97 Å². The lowest BCUT2D eigenvalue weighted by atomic mass is 10.3. The number of rotatable bonds is 6. The number of para-hydroxylation sites is 3. The van der Waals surface area contributed by atoms with Gasteiger partial charge in [-0.25, -0.2) is 4.98 Å². The lowest BCUT2D eigenvalue weighted by molar-refractivity contribution is 0.318. The van der Waals surface area contributed by atoms with Gasteiger partial charge in [0.1, 0.15) is 5.75 Å². The summed E-state index contributed by atoms with van der Waals surface area (Å²) in [6, 6.07) is 18.0. The van der Waals surface area contributed by atoms with Crippen LogP contribution in [0.25, 0.3) is 11.0 Å². The number of nitrogens with zero attached hydrogens (tertiary/aromatic N) is 1. The van der Waals surface area contributed by atoms with Crippen molar-refractivity contribution in [1.29, 1.82) is 0 Å². The molecule has 2 aromatic carbocycles. The van der Waals surface area contributed by atoms with Crippen molar-refractivity contribution in [3.8, 4) is 5.75 Å². The van der Waals surface area contributed by atoms with E-state index in [1.807, 2.05) is 54.6 Å². The summed E-state index contributed by atoms with van der Waals surface area (Å²) in [5, 5.41) is 0.978. The highest BCUT2D eigenvalue weighted by atomic mass is 32.2. The molecule has 0 spiro atoms. The second-order valence-electron chi connectivity index (χ2n) is 4.42. The zero-order valence-electron chi connectivity index (χ0n) is 11.1. The number of fused-ring (bicyclic) bond motifs is 1. The molecule has 3 nitrogen and oxygen atoms in total. The summed E-state index contributed by atoms with van der Waals surface area (Å²) in [6.07, 6.45) is 0.997. The minimum atomic E-state index is 0.733. The van der Waals surface area contributed by atoms with Crippen LogP contribution in [0.15, 0.2) is 59.8 Å². The SMILES string of the molecule is c1ccc(OCCCSc2nc3ccccc3[nH]2)cc1. The molecule has 1 aromatic heterocycles. The first kappa shape index (κ1) is 13.1. The molecule has 0 unspecified atom stereocenters. The van der Waals surface area contributed by atoms with Crippen LogP contribution < -0.4 is 4.74 Å². The maximum Gasteiger partial charge on any atom is 0.166 e. The maximum absolute atomic E-state index is 5.66. The van der Waals surface area contributed by atoms with Gasteiger partial charge in [-0.2, -0.15) is 0 Å². The van der Waals surface area contributed by atoms with E-state index in [4.69, 9.17) is 4.74 Å². The van der Waals surface area contributed by atoms with Gasteiger partial charge in [0.15, 0.2) is 5.16 Å². The molecular weight excluding hydrogens is 268 g/mol. The van der Waals surface area contributed by atoms with E-state index >= 15 is 0 Å². The van der Waals surface area contributed by atoms with Crippen molar-refractivity contribution in [2.24, 2.45) is 0 Å². The molecule has 0 radical (unpaired) electrons. The minimum Gasteiger partial charge on any atom is -0.494 e. The topological polar surface area (TPSA) is 37.9 Å². The van der Waals surface area contributed by atoms with Gasteiger partial charge in [-0.05, 0) is 30.7 Å². The fourth-order valence-electron chi connectivity index (χ4n) is 1.93. The molecule has 0 bridgehead atoms. The molecule has 0 aliphatic rings. The van der Waals surface area contributed by atoms with Crippen molar-refractivity contribution in [2.45, 2.75) is 11.6 Å². The molecule has 0 fully saturated rings. The Balaban J connectivity index is 1.43. The molecular formula is C16H16N2OS. The molecule has 0 atom stereocenters. The fourth-order valence-corrected chi connectivity index (χ4v) is 2.73. The number of hydrogen-bond donors (Lipinski definition) is 1. The van der Waals surface area contributed by atoms with Crippen molar-refractivity contribution in [2.75, 3.05) is 12.4 Å². The number of thioether (sulfide) groups is 1. The van der Waals surface area contributed by atoms with Crippen molar-refractivity contribution >= 4 is 22.8 Å². The van der Waals surface area contributed by atoms with Gasteiger partial charge in [0, 0.05) is 5.75 Å². The van der Waals surface area contributed by atoms with Crippen molar-refractivity contribution in [3.05, 3.63) is 54.6 Å². The first-order chi connectivity index (χ1) is 9.92. The van der Waals surface area contributed by atoms with Crippen LogP contribution in [0, 0.1) is 0 Å². The Kier molecular flexibility index (Phi) is 4.23. The molecule has 102 valence electrons. The molecule has 0 saturated carbocycles. The van der Waals surface area contributed by atoms with Crippen LogP contribution in [0.3, 0.4) is 0 Å². The lowest BCUT2D eigenvalue weighted by Gasteiger charge is -2.04. The van der Waals surface area contributed by atoms with E-state index in [1.165, 1.54) is 0 Å². The van der Waals surface area contributed by atoms with Gasteiger partial charge < -0.3 is 9.72 Å². The van der Waals surface area contributed by atoms with Crippen LogP contribution in [0.2, 0.25) is 0 Å². The zero-order chi connectivity index (χ0) is 13.6. The molecule has 20 heavy (non-hydrogen) atoms. The number of aromatic amines is 1. The van der Waals surface area contributed by atoms with Crippen LogP contribution in [0.1, 0.15) is 6.42 Å². The first-order valence-electron chi connectivity index (χ1n) is 6.67. The molecule has 0 amide bonds. The Hall–Kier alpha value is -1.94. The third kappa shape index (κ3) is 3.33. The molecule has 0 aliphatic heterocycles. The van der Waals surface area contributed by atoms with Crippen molar-refractivity contribution in [3.63, 3.8) is 0 Å². The van der Waals surface area contributed by atoms with Crippen LogP contribution in [-0.4, -0.2) is 22.3 Å². The molecule has 1 heterocycles. The number of imidazole rings is 1. The molecule has 4 heteroatoms. The molecule has 1 N–H and O–H groups in total. The van der Waals surface area contributed by atoms with Gasteiger partial charge in [-0.15, -0.1) is 0 Å². The predicted octanol–water partition coefficient (Wildman–Crippen LogP) is 4.12. The lowest BCUT2D eigenvalue weighted by Crippen LogP contribution is -1.98. The van der Waals surface area contributed by atoms with Gasteiger partial charge in [-0.3, -0.25) is 0 Å². The normalized spacial score (nSPS) is 10.8. The van der Waals surface area contributed by atoms with E-state index in [0.29, 0.717) is 0 Å². The summed E-state index contributed by atoms with van der Waals surface area (Å²) in [7, 11) is 0. The van der Waals surface area contributed by atoms with Crippen LogP contribution >= 0.6 is 11.8 Å².